The van der Waals surface area contributed by atoms with Crippen molar-refractivity contribution in [2.24, 2.45) is 7.05 Å². The molecule has 124 valence electrons. The number of carbonyl (C=O) groups excluding carboxylic acids is 1. The van der Waals surface area contributed by atoms with Crippen molar-refractivity contribution in [1.29, 1.82) is 0 Å². The Morgan fingerprint density at radius 2 is 2.12 bits per heavy atom. The van der Waals surface area contributed by atoms with E-state index >= 15 is 0 Å². The molecule has 2 heterocycles. The highest BCUT2D eigenvalue weighted by atomic mass is 16.5. The summed E-state index contributed by atoms with van der Waals surface area (Å²) in [5, 5.41) is 7.23. The summed E-state index contributed by atoms with van der Waals surface area (Å²) < 4.78 is 8.14. The lowest BCUT2D eigenvalue weighted by atomic mass is 10.2. The molecule has 0 fully saturated rings. The van der Waals surface area contributed by atoms with E-state index in [1.807, 2.05) is 12.1 Å². The number of methoxy groups -OCH3 is 1. The summed E-state index contributed by atoms with van der Waals surface area (Å²) in [6.07, 6.45) is 3.06. The van der Waals surface area contributed by atoms with Crippen LogP contribution >= 0.6 is 0 Å². The first-order chi connectivity index (χ1) is 11.6. The van der Waals surface area contributed by atoms with Crippen molar-refractivity contribution in [2.45, 2.75) is 13.0 Å². The Kier molecular flexibility index (Phi) is 4.28. The van der Waals surface area contributed by atoms with Gasteiger partial charge in [0.1, 0.15) is 11.1 Å². The largest absolute Gasteiger partial charge is 0.495 e. The van der Waals surface area contributed by atoms with Gasteiger partial charge in [-0.25, -0.2) is 4.98 Å². The third-order valence-corrected chi connectivity index (χ3v) is 3.68. The number of ether oxygens (including phenoxy) is 1. The Morgan fingerprint density at radius 1 is 1.33 bits per heavy atom. The Labute approximate surface area is 137 Å². The monoisotopic (exact) mass is 327 g/mol. The predicted molar refractivity (Wildman–Crippen MR) is 89.0 cm³/mol. The zero-order valence-electron chi connectivity index (χ0n) is 13.4. The molecule has 0 unspecified atom stereocenters. The molecule has 3 aromatic rings. The van der Waals surface area contributed by atoms with Gasteiger partial charge in [0, 0.05) is 20.0 Å². The van der Waals surface area contributed by atoms with Crippen LogP contribution < -0.4 is 15.6 Å². The molecule has 1 aromatic carbocycles. The summed E-state index contributed by atoms with van der Waals surface area (Å²) in [6, 6.07) is 7.15. The van der Waals surface area contributed by atoms with Crippen LogP contribution in [0.3, 0.4) is 0 Å². The standard InChI is InChI=1S/C16H17N5O3/c1-20-15-11(9-18-20)16(23)21(10-17-15)8-7-14(22)19-12-5-3-4-6-13(12)24-2/h3-6,9-10H,7-8H2,1-2H3,(H,19,22). The number of anilines is 1. The molecule has 0 bridgehead atoms. The quantitative estimate of drug-likeness (QED) is 0.759. The lowest BCUT2D eigenvalue weighted by molar-refractivity contribution is -0.116. The van der Waals surface area contributed by atoms with Crippen LogP contribution in [0.25, 0.3) is 11.0 Å². The average Bonchev–Trinajstić information content (AvgIpc) is 2.97. The molecule has 0 saturated heterocycles. The van der Waals surface area contributed by atoms with E-state index in [0.29, 0.717) is 22.5 Å². The van der Waals surface area contributed by atoms with Gasteiger partial charge in [-0.1, -0.05) is 12.1 Å². The zero-order valence-corrected chi connectivity index (χ0v) is 13.4. The minimum absolute atomic E-state index is 0.144. The molecule has 0 saturated carbocycles. The first-order valence-corrected chi connectivity index (χ1v) is 7.40. The highest BCUT2D eigenvalue weighted by Gasteiger charge is 2.10. The van der Waals surface area contributed by atoms with Crippen LogP contribution in [0.2, 0.25) is 0 Å². The first-order valence-electron chi connectivity index (χ1n) is 7.40. The molecule has 3 rings (SSSR count). The van der Waals surface area contributed by atoms with Crippen molar-refractivity contribution < 1.29 is 9.53 Å². The van der Waals surface area contributed by atoms with Crippen molar-refractivity contribution in [3.05, 3.63) is 47.1 Å². The van der Waals surface area contributed by atoms with Gasteiger partial charge in [0.25, 0.3) is 5.56 Å². The number of para-hydroxylation sites is 2. The second-order valence-corrected chi connectivity index (χ2v) is 5.25. The van der Waals surface area contributed by atoms with Gasteiger partial charge in [-0.3, -0.25) is 18.8 Å². The van der Waals surface area contributed by atoms with Gasteiger partial charge < -0.3 is 10.1 Å². The zero-order chi connectivity index (χ0) is 17.1. The van der Waals surface area contributed by atoms with Crippen molar-refractivity contribution in [2.75, 3.05) is 12.4 Å². The molecule has 1 N–H and O–H groups in total. The number of fused-ring (bicyclic) bond motifs is 1. The molecule has 8 nitrogen and oxygen atoms in total. The third-order valence-electron chi connectivity index (χ3n) is 3.68. The van der Waals surface area contributed by atoms with Crippen LogP contribution in [0.4, 0.5) is 5.69 Å². The van der Waals surface area contributed by atoms with Crippen LogP contribution in [0, 0.1) is 0 Å². The maximum absolute atomic E-state index is 12.3. The summed E-state index contributed by atoms with van der Waals surface area (Å²) in [5.41, 5.74) is 0.908. The Bertz CT molecular complexity index is 944. The lowest BCUT2D eigenvalue weighted by Gasteiger charge is -2.10. The van der Waals surface area contributed by atoms with Crippen molar-refractivity contribution in [3.63, 3.8) is 0 Å². The topological polar surface area (TPSA) is 91.0 Å². The van der Waals surface area contributed by atoms with Gasteiger partial charge in [0.15, 0.2) is 5.65 Å². The number of benzene rings is 1. The van der Waals surface area contributed by atoms with E-state index in [0.717, 1.165) is 0 Å². The van der Waals surface area contributed by atoms with Gasteiger partial charge in [0.2, 0.25) is 5.91 Å². The van der Waals surface area contributed by atoms with E-state index in [9.17, 15) is 9.59 Å². The van der Waals surface area contributed by atoms with Crippen LogP contribution in [-0.4, -0.2) is 32.3 Å². The van der Waals surface area contributed by atoms with Crippen molar-refractivity contribution in [1.82, 2.24) is 19.3 Å². The highest BCUT2D eigenvalue weighted by molar-refractivity contribution is 5.92. The molecule has 0 atom stereocenters. The predicted octanol–water partition coefficient (Wildman–Crippen LogP) is 1.17. The smallest absolute Gasteiger partial charge is 0.264 e. The molecule has 1 amide bonds. The second-order valence-electron chi connectivity index (χ2n) is 5.25. The molecule has 0 aliphatic carbocycles. The van der Waals surface area contributed by atoms with Gasteiger partial charge in [-0.15, -0.1) is 0 Å². The molecule has 24 heavy (non-hydrogen) atoms. The number of hydrogen-bond donors (Lipinski definition) is 1. The van der Waals surface area contributed by atoms with Crippen molar-refractivity contribution in [3.8, 4) is 5.75 Å². The molecular weight excluding hydrogens is 310 g/mol. The summed E-state index contributed by atoms with van der Waals surface area (Å²) in [5.74, 6) is 0.374. The maximum atomic E-state index is 12.3. The molecule has 2 aromatic heterocycles. The Morgan fingerprint density at radius 3 is 2.92 bits per heavy atom. The first kappa shape index (κ1) is 15.7. The maximum Gasteiger partial charge on any atom is 0.264 e. The SMILES string of the molecule is COc1ccccc1NC(=O)CCn1cnc2c(cnn2C)c1=O. The van der Waals surface area contributed by atoms with Crippen LogP contribution in [0.1, 0.15) is 6.42 Å². The molecule has 8 heteroatoms. The third kappa shape index (κ3) is 2.98. The molecule has 0 aliphatic heterocycles. The van der Waals surface area contributed by atoms with Gasteiger partial charge in [-0.2, -0.15) is 5.10 Å². The number of carbonyl (C=O) groups is 1. The van der Waals surface area contributed by atoms with E-state index < -0.39 is 0 Å². The second kappa shape index (κ2) is 6.53. The van der Waals surface area contributed by atoms with E-state index in [4.69, 9.17) is 4.74 Å². The van der Waals surface area contributed by atoms with Crippen molar-refractivity contribution >= 4 is 22.6 Å². The average molecular weight is 327 g/mol. The van der Waals surface area contributed by atoms with Crippen LogP contribution in [0.15, 0.2) is 41.6 Å². The minimum atomic E-state index is -0.210. The van der Waals surface area contributed by atoms with E-state index in [2.05, 4.69) is 15.4 Å². The number of nitrogens with zero attached hydrogens (tertiary/aromatic N) is 4. The van der Waals surface area contributed by atoms with Gasteiger partial charge >= 0.3 is 0 Å². The van der Waals surface area contributed by atoms with E-state index in [1.54, 1.807) is 26.3 Å². The van der Waals surface area contributed by atoms with Gasteiger partial charge in [-0.05, 0) is 12.1 Å². The molecular formula is C16H17N5O3. The summed E-state index contributed by atoms with van der Waals surface area (Å²) in [6.45, 7) is 0.234. The number of rotatable bonds is 5. The minimum Gasteiger partial charge on any atom is -0.495 e. The number of hydrogen-bond acceptors (Lipinski definition) is 5. The fourth-order valence-electron chi connectivity index (χ4n) is 2.41. The molecule has 0 radical (unpaired) electrons. The Balaban J connectivity index is 1.70. The number of aryl methyl sites for hydroxylation is 2. The number of aromatic nitrogens is 4. The van der Waals surface area contributed by atoms with Crippen LogP contribution in [-0.2, 0) is 18.4 Å². The normalized spacial score (nSPS) is 10.8. The summed E-state index contributed by atoms with van der Waals surface area (Å²) in [7, 11) is 3.26. The summed E-state index contributed by atoms with van der Waals surface area (Å²) in [4.78, 5) is 28.6. The van der Waals surface area contributed by atoms with E-state index in [1.165, 1.54) is 21.8 Å². The van der Waals surface area contributed by atoms with Crippen LogP contribution in [0.5, 0.6) is 5.75 Å². The number of nitrogens with one attached hydrogen (secondary N) is 1. The summed E-state index contributed by atoms with van der Waals surface area (Å²) >= 11 is 0. The van der Waals surface area contributed by atoms with Gasteiger partial charge in [0.05, 0.1) is 25.3 Å². The number of amides is 1. The lowest BCUT2D eigenvalue weighted by Crippen LogP contribution is -2.23. The fraction of sp³-hybridized carbons (Fsp3) is 0.250. The Hall–Kier alpha value is -3.16. The fourth-order valence-corrected chi connectivity index (χ4v) is 2.41. The molecule has 0 aliphatic rings. The van der Waals surface area contributed by atoms with E-state index in [-0.39, 0.29) is 24.4 Å². The highest BCUT2D eigenvalue weighted by Crippen LogP contribution is 2.23. The molecule has 0 spiro atoms.